The minimum Gasteiger partial charge on any atom is -0.497 e. The largest absolute Gasteiger partial charge is 0.497 e. The smallest absolute Gasteiger partial charge is 0.214 e. The molecule has 32 heavy (non-hydrogen) atoms. The Hall–Kier alpha value is -2.82. The van der Waals surface area contributed by atoms with E-state index in [1.807, 2.05) is 36.4 Å². The highest BCUT2D eigenvalue weighted by Crippen LogP contribution is 2.33. The van der Waals surface area contributed by atoms with Gasteiger partial charge in [0.25, 0.3) is 0 Å². The van der Waals surface area contributed by atoms with Gasteiger partial charge in [0.15, 0.2) is 11.5 Å². The zero-order valence-electron chi connectivity index (χ0n) is 18.5. The van der Waals surface area contributed by atoms with Gasteiger partial charge in [-0.1, -0.05) is 0 Å². The summed E-state index contributed by atoms with van der Waals surface area (Å²) in [5.41, 5.74) is 1.74. The Bertz CT molecular complexity index is 1110. The first kappa shape index (κ1) is 25.4. The Morgan fingerprint density at radius 2 is 1.44 bits per heavy atom. The molecule has 10 heteroatoms. The van der Waals surface area contributed by atoms with Gasteiger partial charge in [-0.3, -0.25) is 0 Å². The van der Waals surface area contributed by atoms with Crippen molar-refractivity contribution in [3.8, 4) is 28.6 Å². The summed E-state index contributed by atoms with van der Waals surface area (Å²) >= 11 is 0. The van der Waals surface area contributed by atoms with Gasteiger partial charge in [-0.15, -0.1) is 10.2 Å². The van der Waals surface area contributed by atoms with Crippen molar-refractivity contribution < 1.29 is 47.5 Å². The van der Waals surface area contributed by atoms with Crippen LogP contribution >= 0.6 is 0 Å². The predicted molar refractivity (Wildman–Crippen MR) is 108 cm³/mol. The van der Waals surface area contributed by atoms with Crippen LogP contribution in [0.5, 0.6) is 17.2 Å². The van der Waals surface area contributed by atoms with Gasteiger partial charge in [0, 0.05) is 5.56 Å². The summed E-state index contributed by atoms with van der Waals surface area (Å²) in [6.45, 7) is 6.10. The summed E-state index contributed by atoms with van der Waals surface area (Å²) in [5.74, 6) is 2.95. The second-order valence-electron chi connectivity index (χ2n) is 6.48. The van der Waals surface area contributed by atoms with Crippen LogP contribution in [0.15, 0.2) is 46.9 Å². The molecule has 0 aliphatic rings. The fourth-order valence-electron chi connectivity index (χ4n) is 3.23. The van der Waals surface area contributed by atoms with Gasteiger partial charge < -0.3 is 18.6 Å². The number of nitrogens with zero attached hydrogens (tertiary/aromatic N) is 1. The van der Waals surface area contributed by atoms with E-state index >= 15 is 0 Å². The molecular weight excluding hydrogens is 442 g/mol. The molecule has 3 aromatic rings. The van der Waals surface area contributed by atoms with Crippen molar-refractivity contribution in [2.24, 2.45) is 0 Å². The summed E-state index contributed by atoms with van der Waals surface area (Å²) < 4.78 is 58.7. The number of benzene rings is 2. The fourth-order valence-corrected chi connectivity index (χ4v) is 3.23. The summed E-state index contributed by atoms with van der Waals surface area (Å²) in [7, 11) is -0.00996. The Morgan fingerprint density at radius 1 is 0.812 bits per heavy atom. The summed E-state index contributed by atoms with van der Waals surface area (Å²) in [6.07, 6.45) is 0. The molecule has 2 aromatic carbocycles. The Kier molecular flexibility index (Phi) is 8.88. The molecule has 0 unspecified atom stereocenters. The highest BCUT2D eigenvalue weighted by atomic mass is 35.7. The third-order valence-corrected chi connectivity index (χ3v) is 4.72. The second-order valence-corrected chi connectivity index (χ2v) is 7.23. The number of fused-ring (bicyclic) bond motifs is 1. The van der Waals surface area contributed by atoms with Crippen LogP contribution in [0, 0.1) is 10.2 Å². The van der Waals surface area contributed by atoms with Crippen molar-refractivity contribution in [1.82, 2.24) is 4.58 Å². The summed E-state index contributed by atoms with van der Waals surface area (Å²) in [5, 5.41) is 2.15. The molecule has 174 valence electrons. The highest BCUT2D eigenvalue weighted by molar-refractivity contribution is 5.80. The van der Waals surface area contributed by atoms with E-state index < -0.39 is 10.2 Å². The van der Waals surface area contributed by atoms with Crippen molar-refractivity contribution in [2.45, 2.75) is 13.8 Å². The molecule has 0 saturated heterocycles. The molecule has 0 amide bonds. The number of methoxy groups -OCH3 is 3. The van der Waals surface area contributed by atoms with E-state index in [9.17, 15) is 0 Å². The van der Waals surface area contributed by atoms with Crippen molar-refractivity contribution in [3.05, 3.63) is 47.8 Å². The molecule has 0 aliphatic heterocycles. The lowest BCUT2D eigenvalue weighted by Gasteiger charge is -2.17. The highest BCUT2D eigenvalue weighted by Gasteiger charge is 2.14. The van der Waals surface area contributed by atoms with Crippen LogP contribution in [0.4, 0.5) is 0 Å². The average Bonchev–Trinajstić information content (AvgIpc) is 2.77. The molecule has 0 bridgehead atoms. The zero-order chi connectivity index (χ0) is 23.9. The molecule has 9 nitrogen and oxygen atoms in total. The third-order valence-electron chi connectivity index (χ3n) is 4.72. The Morgan fingerprint density at radius 3 is 1.97 bits per heavy atom. The molecule has 1 heterocycles. The quantitative estimate of drug-likeness (QED) is 0.429. The molecule has 0 spiro atoms. The maximum atomic E-state index is 8.49. The molecule has 0 atom stereocenters. The van der Waals surface area contributed by atoms with Crippen LogP contribution in [-0.4, -0.2) is 34.4 Å². The van der Waals surface area contributed by atoms with Crippen LogP contribution in [0.2, 0.25) is 0 Å². The number of hydrogen-bond donors (Lipinski definition) is 0. The molecule has 1 aromatic heterocycles. The van der Waals surface area contributed by atoms with Crippen LogP contribution in [0.1, 0.15) is 13.8 Å². The first-order chi connectivity index (χ1) is 15.1. The van der Waals surface area contributed by atoms with E-state index in [1.54, 1.807) is 21.3 Å². The van der Waals surface area contributed by atoms with Crippen molar-refractivity contribution in [3.63, 3.8) is 0 Å². The fraction of sp³-hybridized carbons (Fsp3) is 0.318. The zero-order valence-corrected chi connectivity index (χ0v) is 19.3. The monoisotopic (exact) mass is 467 g/mol. The van der Waals surface area contributed by atoms with E-state index in [-0.39, 0.29) is 0 Å². The molecule has 3 rings (SSSR count). The lowest BCUT2D eigenvalue weighted by Crippen LogP contribution is -2.68. The lowest BCUT2D eigenvalue weighted by molar-refractivity contribution is -2.00. The van der Waals surface area contributed by atoms with Gasteiger partial charge in [-0.05, 0) is 50.2 Å². The van der Waals surface area contributed by atoms with Gasteiger partial charge in [0.05, 0.1) is 32.8 Å². The van der Waals surface area contributed by atoms with Crippen molar-refractivity contribution >= 4 is 11.0 Å². The molecule has 0 saturated carbocycles. The molecule has 0 fully saturated rings. The van der Waals surface area contributed by atoms with Gasteiger partial charge in [0.2, 0.25) is 5.36 Å². The van der Waals surface area contributed by atoms with Crippen LogP contribution < -0.4 is 42.8 Å². The van der Waals surface area contributed by atoms with E-state index in [0.717, 1.165) is 46.5 Å². The van der Waals surface area contributed by atoms with Crippen LogP contribution in [-0.2, 0) is 0 Å². The SMILES string of the molecule is CC[N+](CC)=c1cc(-c2ccc(OC)c(OC)c2)oc2ccc(OC)cc12.[O-][Cl+3]([O-])([O-])[O-]. The van der Waals surface area contributed by atoms with E-state index in [0.29, 0.717) is 11.5 Å². The standard InChI is InChI=1S/C22H26NO4.ClHO4/c1-6-23(7-2)18-14-21(15-8-10-20(25-4)22(12-15)26-5)27-19-11-9-16(24-3)13-17(18)19;2-1(3,4)5/h8-14H,6-7H2,1-5H3;(H,2,3,4,5)/q+1;/p-1. The molecular formula is C22H26ClNO8. The first-order valence-electron chi connectivity index (χ1n) is 9.69. The van der Waals surface area contributed by atoms with Crippen LogP contribution in [0.25, 0.3) is 22.3 Å². The topological polar surface area (TPSA) is 136 Å². The Labute approximate surface area is 188 Å². The Balaban J connectivity index is 0.000000654. The number of halogens is 1. The minimum absolute atomic E-state index is 0.671. The summed E-state index contributed by atoms with van der Waals surface area (Å²) in [4.78, 5) is 0. The van der Waals surface area contributed by atoms with E-state index in [1.165, 1.54) is 0 Å². The van der Waals surface area contributed by atoms with Crippen LogP contribution in [0.3, 0.4) is 0 Å². The van der Waals surface area contributed by atoms with Crippen molar-refractivity contribution in [2.75, 3.05) is 34.4 Å². The second kappa shape index (κ2) is 11.2. The minimum atomic E-state index is -4.94. The van der Waals surface area contributed by atoms with Gasteiger partial charge in [0.1, 0.15) is 30.2 Å². The summed E-state index contributed by atoms with van der Waals surface area (Å²) in [6, 6.07) is 13.8. The van der Waals surface area contributed by atoms with Gasteiger partial charge >= 0.3 is 0 Å². The van der Waals surface area contributed by atoms with Gasteiger partial charge in [-0.25, -0.2) is 23.2 Å². The maximum Gasteiger partial charge on any atom is 0.214 e. The van der Waals surface area contributed by atoms with E-state index in [2.05, 4.69) is 24.5 Å². The third kappa shape index (κ3) is 6.59. The lowest BCUT2D eigenvalue weighted by atomic mass is 10.1. The molecule has 0 N–H and O–H groups in total. The predicted octanol–water partition coefficient (Wildman–Crippen LogP) is -0.818. The molecule has 0 radical (unpaired) electrons. The van der Waals surface area contributed by atoms with Gasteiger partial charge in [-0.2, -0.15) is 0 Å². The normalized spacial score (nSPS) is 10.9. The number of ether oxygens (including phenoxy) is 3. The maximum absolute atomic E-state index is 8.49. The molecule has 0 aliphatic carbocycles. The first-order valence-corrected chi connectivity index (χ1v) is 10.9. The average molecular weight is 468 g/mol. The van der Waals surface area contributed by atoms with Crippen molar-refractivity contribution in [1.29, 1.82) is 0 Å². The number of hydrogen-bond acceptors (Lipinski definition) is 8. The number of rotatable bonds is 6. The van der Waals surface area contributed by atoms with E-state index in [4.69, 9.17) is 37.3 Å².